The van der Waals surface area contributed by atoms with E-state index < -0.39 is 79.2 Å². The molecular weight excluding hydrogens is 546 g/mol. The number of carboxylic acid groups (broad SMARTS) is 1. The molecule has 0 aromatic heterocycles. The number of hydrogen-bond donors (Lipinski definition) is 5. The van der Waals surface area contributed by atoms with Gasteiger partial charge in [0.25, 0.3) is 0 Å². The third kappa shape index (κ3) is 5.35. The molecule has 5 N–H and O–H groups in total. The van der Waals surface area contributed by atoms with Crippen LogP contribution in [0.3, 0.4) is 0 Å². The fraction of sp³-hybridized carbons (Fsp3) is 0.680. The van der Waals surface area contributed by atoms with Crippen molar-refractivity contribution in [2.45, 2.75) is 70.5 Å². The predicted octanol–water partition coefficient (Wildman–Crippen LogP) is -1.47. The van der Waals surface area contributed by atoms with E-state index in [0.717, 1.165) is 6.08 Å². The fourth-order valence-corrected chi connectivity index (χ4v) is 8.52. The Morgan fingerprint density at radius 3 is 2.46 bits per heavy atom. The Hall–Kier alpha value is -1.37. The van der Waals surface area contributed by atoms with E-state index in [1.54, 1.807) is 13.8 Å². The minimum absolute atomic E-state index is 0. The zero-order valence-electron chi connectivity index (χ0n) is 23.2. The minimum atomic E-state index is -5.13. The topological polar surface area (TPSA) is 205 Å². The first-order valence-corrected chi connectivity index (χ1v) is 14.1. The molecule has 4 aliphatic carbocycles. The number of phosphoric ester groups is 1. The van der Waals surface area contributed by atoms with Gasteiger partial charge in [0, 0.05) is 17.4 Å². The monoisotopic (exact) mass is 580 g/mol. The molecule has 3 fully saturated rings. The largest absolute Gasteiger partial charge is 1.00 e. The normalized spacial score (nSPS) is 38.5. The Morgan fingerprint density at radius 1 is 1.18 bits per heavy atom. The van der Waals surface area contributed by atoms with Crippen LogP contribution in [0.2, 0.25) is 0 Å². The summed E-state index contributed by atoms with van der Waals surface area (Å²) >= 11 is 0. The number of carbonyl (C=O) groups excluding carboxylic acids is 3. The number of carbonyl (C=O) groups is 4. The van der Waals surface area contributed by atoms with Crippen LogP contribution in [0.4, 0.5) is 0 Å². The molecule has 4 rings (SSSR count). The first kappa shape index (κ1) is 32.1. The number of fused-ring (bicyclic) bond motifs is 5. The van der Waals surface area contributed by atoms with Gasteiger partial charge in [-0.25, -0.2) is 4.57 Å². The van der Waals surface area contributed by atoms with Crippen LogP contribution in [-0.2, 0) is 32.8 Å². The van der Waals surface area contributed by atoms with Crippen LogP contribution in [0.1, 0.15) is 60.2 Å². The SMILES string of the molecule is C[C@@]12C(=CC(=O)C=C1OP(=O)(O)OC(=O)CCC(=O)O)CC[C@@H]1[C@@H]2[C@@H](O)C[C@@]2(C)[C@H]1CC[C@]2(O)C(=O)CO.[H-].[Na+]. The van der Waals surface area contributed by atoms with Crippen molar-refractivity contribution in [3.05, 3.63) is 23.5 Å². The van der Waals surface area contributed by atoms with E-state index in [-0.39, 0.29) is 61.4 Å². The molecule has 1 unspecified atom stereocenters. The molecule has 39 heavy (non-hydrogen) atoms. The summed E-state index contributed by atoms with van der Waals surface area (Å²) in [6.07, 6.45) is 1.49. The predicted molar refractivity (Wildman–Crippen MR) is 129 cm³/mol. The van der Waals surface area contributed by atoms with Crippen molar-refractivity contribution in [1.82, 2.24) is 0 Å². The van der Waals surface area contributed by atoms with Crippen molar-refractivity contribution in [1.29, 1.82) is 0 Å². The molecule has 0 bridgehead atoms. The van der Waals surface area contributed by atoms with Crippen LogP contribution in [0, 0.1) is 28.6 Å². The van der Waals surface area contributed by atoms with Gasteiger partial charge < -0.3 is 30.9 Å². The van der Waals surface area contributed by atoms with Gasteiger partial charge in [-0.3, -0.25) is 24.1 Å². The molecule has 0 aliphatic heterocycles. The quantitative estimate of drug-likeness (QED) is 0.165. The van der Waals surface area contributed by atoms with Crippen LogP contribution < -0.4 is 29.6 Å². The number of hydrogen-bond acceptors (Lipinski definition) is 10. The minimum Gasteiger partial charge on any atom is -1.00 e. The number of phosphoric acid groups is 1. The maximum absolute atomic E-state index is 12.7. The van der Waals surface area contributed by atoms with Gasteiger partial charge in [0.15, 0.2) is 11.6 Å². The van der Waals surface area contributed by atoms with Crippen molar-refractivity contribution in [3.8, 4) is 0 Å². The number of carboxylic acids is 1. The zero-order chi connectivity index (χ0) is 28.3. The van der Waals surface area contributed by atoms with E-state index in [0.29, 0.717) is 24.8 Å². The van der Waals surface area contributed by atoms with Crippen LogP contribution in [0.5, 0.6) is 0 Å². The molecule has 0 aromatic rings. The smallest absolute Gasteiger partial charge is 1.00 e. The average molecular weight is 580 g/mol. The number of ketones is 2. The van der Waals surface area contributed by atoms with Crippen molar-refractivity contribution < 1.29 is 89.1 Å². The molecule has 8 atom stereocenters. The van der Waals surface area contributed by atoms with E-state index >= 15 is 0 Å². The Morgan fingerprint density at radius 2 is 1.85 bits per heavy atom. The summed E-state index contributed by atoms with van der Waals surface area (Å²) in [6.45, 7) is 2.58. The molecule has 0 aromatic carbocycles. The van der Waals surface area contributed by atoms with E-state index in [1.807, 2.05) is 0 Å². The van der Waals surface area contributed by atoms with Gasteiger partial charge in [-0.1, -0.05) is 12.5 Å². The third-order valence-electron chi connectivity index (χ3n) is 9.37. The fourth-order valence-electron chi connectivity index (χ4n) is 7.64. The van der Waals surface area contributed by atoms with Crippen molar-refractivity contribution in [3.63, 3.8) is 0 Å². The van der Waals surface area contributed by atoms with E-state index in [4.69, 9.17) is 9.63 Å². The second kappa shape index (κ2) is 11.1. The van der Waals surface area contributed by atoms with Gasteiger partial charge in [0.05, 0.1) is 24.4 Å². The summed E-state index contributed by atoms with van der Waals surface area (Å²) in [7, 11) is -5.13. The summed E-state index contributed by atoms with van der Waals surface area (Å²) in [5, 5.41) is 41.1. The summed E-state index contributed by atoms with van der Waals surface area (Å²) in [4.78, 5) is 58.0. The first-order valence-electron chi connectivity index (χ1n) is 12.6. The average Bonchev–Trinajstić information content (AvgIpc) is 3.08. The van der Waals surface area contributed by atoms with Crippen molar-refractivity contribution in [2.75, 3.05) is 6.61 Å². The van der Waals surface area contributed by atoms with Gasteiger partial charge in [-0.2, -0.15) is 0 Å². The Kier molecular flexibility index (Phi) is 9.18. The van der Waals surface area contributed by atoms with Gasteiger partial charge in [0.1, 0.15) is 18.0 Å². The standard InChI is InChI=1S/C25H33O12P.Na.H/c1-23-11-17(28)22-15(16(23)7-8-25(23,33)18(29)12-26)4-3-13-9-14(27)10-19(24(13,22)2)36-38(34,35)37-21(32)6-5-20(30)31;;/h9-10,15-17,22,26,28,33H,3-8,11-12H2,1-2H3,(H,30,31)(H,34,35);;/q;+1;-1/t15-,16-,17-,22+,23-,24+,25-;;/m0../s1. The molecule has 0 spiro atoms. The molecule has 4 aliphatic rings. The van der Waals surface area contributed by atoms with Crippen LogP contribution in [-0.4, -0.2) is 67.1 Å². The van der Waals surface area contributed by atoms with Gasteiger partial charge in [0.2, 0.25) is 0 Å². The summed E-state index contributed by atoms with van der Waals surface area (Å²) in [5.41, 5.74) is -3.50. The summed E-state index contributed by atoms with van der Waals surface area (Å²) < 4.78 is 22.6. The second-order valence-corrected chi connectivity index (χ2v) is 12.5. The molecule has 212 valence electrons. The van der Waals surface area contributed by atoms with Crippen LogP contribution in [0.25, 0.3) is 0 Å². The van der Waals surface area contributed by atoms with Gasteiger partial charge >= 0.3 is 49.3 Å². The number of aliphatic hydroxyl groups excluding tert-OH is 2. The molecule has 0 amide bonds. The Bertz CT molecular complexity index is 1190. The molecule has 14 heteroatoms. The first-order chi connectivity index (χ1) is 17.6. The van der Waals surface area contributed by atoms with Gasteiger partial charge in [-0.05, 0) is 56.9 Å². The third-order valence-corrected chi connectivity index (χ3v) is 10.2. The molecular formula is C25H34NaO12P. The molecule has 0 radical (unpaired) electrons. The Labute approximate surface area is 248 Å². The van der Waals surface area contributed by atoms with Crippen LogP contribution >= 0.6 is 7.82 Å². The van der Waals surface area contributed by atoms with Crippen molar-refractivity contribution in [2.24, 2.45) is 28.6 Å². The molecule has 3 saturated carbocycles. The summed E-state index contributed by atoms with van der Waals surface area (Å²) in [5.74, 6) is -5.18. The second-order valence-electron chi connectivity index (χ2n) is 11.2. The number of Topliss-reactive ketones (excluding diaryl/α,β-unsaturated/α-hetero) is 1. The number of aliphatic hydroxyl groups is 3. The zero-order valence-corrected chi connectivity index (χ0v) is 25.1. The number of rotatable bonds is 8. The molecule has 12 nitrogen and oxygen atoms in total. The van der Waals surface area contributed by atoms with E-state index in [9.17, 15) is 44.0 Å². The molecule has 0 heterocycles. The summed E-state index contributed by atoms with van der Waals surface area (Å²) in [6, 6.07) is 0. The Balaban J connectivity index is 0.00000280. The number of aliphatic carboxylic acids is 1. The maximum atomic E-state index is 12.7. The number of allylic oxidation sites excluding steroid dienone is 3. The molecule has 0 saturated heterocycles. The van der Waals surface area contributed by atoms with Gasteiger partial charge in [-0.15, -0.1) is 0 Å². The maximum Gasteiger partial charge on any atom is 1.00 e. The van der Waals surface area contributed by atoms with Crippen molar-refractivity contribution >= 4 is 31.3 Å². The van der Waals surface area contributed by atoms with E-state index in [2.05, 4.69) is 4.52 Å². The van der Waals surface area contributed by atoms with E-state index in [1.165, 1.54) is 6.08 Å². The van der Waals surface area contributed by atoms with Crippen LogP contribution in [0.15, 0.2) is 23.5 Å².